The average Bonchev–Trinajstić information content (AvgIpc) is 2.48. The molecule has 1 aliphatic rings. The molecule has 1 unspecified atom stereocenters. The topological polar surface area (TPSA) is 67.6 Å². The summed E-state index contributed by atoms with van der Waals surface area (Å²) in [5.41, 5.74) is 6.38. The van der Waals surface area contributed by atoms with Crippen molar-refractivity contribution in [3.63, 3.8) is 0 Å². The Labute approximate surface area is 126 Å². The van der Waals surface area contributed by atoms with Gasteiger partial charge in [-0.15, -0.1) is 0 Å². The first-order valence-electron chi connectivity index (χ1n) is 7.61. The summed E-state index contributed by atoms with van der Waals surface area (Å²) >= 11 is 0. The summed E-state index contributed by atoms with van der Waals surface area (Å²) in [6.07, 6.45) is 4.02. The van der Waals surface area contributed by atoms with Gasteiger partial charge in [0.15, 0.2) is 0 Å². The second-order valence-corrected chi connectivity index (χ2v) is 5.57. The number of nitrogens with zero attached hydrogens (tertiary/aromatic N) is 1. The largest absolute Gasteiger partial charge is 0.491 e. The molecule has 1 saturated heterocycles. The van der Waals surface area contributed by atoms with Crippen LogP contribution in [0.1, 0.15) is 25.7 Å². The van der Waals surface area contributed by atoms with Gasteiger partial charge in [0, 0.05) is 12.6 Å². The number of anilines is 1. The Bertz CT molecular complexity index is 465. The van der Waals surface area contributed by atoms with Crippen molar-refractivity contribution in [1.82, 2.24) is 10.2 Å². The lowest BCUT2D eigenvalue weighted by atomic mass is 10.0. The van der Waals surface area contributed by atoms with Crippen molar-refractivity contribution in [2.45, 2.75) is 31.7 Å². The first kappa shape index (κ1) is 15.6. The monoisotopic (exact) mass is 291 g/mol. The van der Waals surface area contributed by atoms with E-state index in [1.165, 1.54) is 12.8 Å². The lowest BCUT2D eigenvalue weighted by molar-refractivity contribution is -0.121. The highest BCUT2D eigenvalue weighted by Gasteiger charge is 2.19. The third-order valence-corrected chi connectivity index (χ3v) is 3.96. The quantitative estimate of drug-likeness (QED) is 0.782. The van der Waals surface area contributed by atoms with Crippen molar-refractivity contribution in [1.29, 1.82) is 0 Å². The molecule has 1 aromatic rings. The maximum atomic E-state index is 11.8. The van der Waals surface area contributed by atoms with Gasteiger partial charge >= 0.3 is 0 Å². The predicted octanol–water partition coefficient (Wildman–Crippen LogP) is 1.64. The van der Waals surface area contributed by atoms with E-state index in [9.17, 15) is 4.79 Å². The number of benzene rings is 1. The molecule has 0 saturated carbocycles. The van der Waals surface area contributed by atoms with Crippen LogP contribution in [0.3, 0.4) is 0 Å². The molecule has 1 atom stereocenters. The highest BCUT2D eigenvalue weighted by molar-refractivity contribution is 5.76. The minimum Gasteiger partial charge on any atom is -0.491 e. The van der Waals surface area contributed by atoms with Gasteiger partial charge in [0.2, 0.25) is 5.91 Å². The van der Waals surface area contributed by atoms with E-state index >= 15 is 0 Å². The highest BCUT2D eigenvalue weighted by Crippen LogP contribution is 2.19. The SMILES string of the molecule is CN1CCCCC1CNC(=O)CCOc1ccccc1N. The molecule has 5 nitrogen and oxygen atoms in total. The van der Waals surface area contributed by atoms with Gasteiger partial charge < -0.3 is 20.7 Å². The van der Waals surface area contributed by atoms with Crippen molar-refractivity contribution in [2.24, 2.45) is 0 Å². The molecule has 21 heavy (non-hydrogen) atoms. The number of nitrogen functional groups attached to an aromatic ring is 1. The third-order valence-electron chi connectivity index (χ3n) is 3.96. The molecule has 0 aromatic heterocycles. The number of para-hydroxylation sites is 2. The van der Waals surface area contributed by atoms with Crippen LogP contribution in [0.25, 0.3) is 0 Å². The summed E-state index contributed by atoms with van der Waals surface area (Å²) in [5, 5.41) is 2.99. The molecular formula is C16H25N3O2. The summed E-state index contributed by atoms with van der Waals surface area (Å²) in [4.78, 5) is 14.2. The number of amides is 1. The van der Waals surface area contributed by atoms with Crippen LogP contribution >= 0.6 is 0 Å². The van der Waals surface area contributed by atoms with Gasteiger partial charge in [-0.2, -0.15) is 0 Å². The number of rotatable bonds is 6. The molecule has 0 aliphatic carbocycles. The summed E-state index contributed by atoms with van der Waals surface area (Å²) in [5.74, 6) is 0.667. The zero-order valence-electron chi connectivity index (χ0n) is 12.7. The molecule has 2 rings (SSSR count). The zero-order valence-corrected chi connectivity index (χ0v) is 12.7. The fraction of sp³-hybridized carbons (Fsp3) is 0.562. The molecule has 116 valence electrons. The maximum Gasteiger partial charge on any atom is 0.223 e. The predicted molar refractivity (Wildman–Crippen MR) is 84.2 cm³/mol. The van der Waals surface area contributed by atoms with Crippen LogP contribution in [-0.4, -0.2) is 43.6 Å². The third kappa shape index (κ3) is 4.93. The van der Waals surface area contributed by atoms with Crippen LogP contribution in [0.2, 0.25) is 0 Å². The van der Waals surface area contributed by atoms with Gasteiger partial charge in [-0.1, -0.05) is 18.6 Å². The van der Waals surface area contributed by atoms with Crippen LogP contribution in [0, 0.1) is 0 Å². The maximum absolute atomic E-state index is 11.8. The van der Waals surface area contributed by atoms with Gasteiger partial charge in [-0.25, -0.2) is 0 Å². The fourth-order valence-corrected chi connectivity index (χ4v) is 2.59. The number of nitrogens with two attached hydrogens (primary N) is 1. The van der Waals surface area contributed by atoms with Crippen LogP contribution in [0.5, 0.6) is 5.75 Å². The molecule has 3 N–H and O–H groups in total. The smallest absolute Gasteiger partial charge is 0.223 e. The molecule has 0 bridgehead atoms. The molecule has 0 radical (unpaired) electrons. The summed E-state index contributed by atoms with van der Waals surface area (Å²) in [6, 6.07) is 7.78. The Morgan fingerprint density at radius 3 is 3.00 bits per heavy atom. The highest BCUT2D eigenvalue weighted by atomic mass is 16.5. The van der Waals surface area contributed by atoms with Gasteiger partial charge in [0.25, 0.3) is 0 Å². The second kappa shape index (κ2) is 7.88. The van der Waals surface area contributed by atoms with Crippen molar-refractivity contribution in [3.05, 3.63) is 24.3 Å². The zero-order chi connectivity index (χ0) is 15.1. The number of piperidine rings is 1. The molecule has 0 spiro atoms. The van der Waals surface area contributed by atoms with Gasteiger partial charge in [-0.3, -0.25) is 4.79 Å². The second-order valence-electron chi connectivity index (χ2n) is 5.57. The van der Waals surface area contributed by atoms with Crippen molar-refractivity contribution in [2.75, 3.05) is 32.5 Å². The normalized spacial score (nSPS) is 19.2. The first-order chi connectivity index (χ1) is 10.2. The van der Waals surface area contributed by atoms with Crippen molar-refractivity contribution in [3.8, 4) is 5.75 Å². The Morgan fingerprint density at radius 1 is 1.43 bits per heavy atom. The van der Waals surface area contributed by atoms with E-state index in [0.717, 1.165) is 19.5 Å². The molecule has 1 aliphatic heterocycles. The van der Waals surface area contributed by atoms with E-state index in [0.29, 0.717) is 30.5 Å². The Balaban J connectivity index is 1.64. The number of ether oxygens (including phenoxy) is 1. The number of likely N-dealkylation sites (N-methyl/N-ethyl adjacent to an activating group) is 1. The van der Waals surface area contributed by atoms with Gasteiger partial charge in [0.05, 0.1) is 18.7 Å². The van der Waals surface area contributed by atoms with Crippen LogP contribution in [0.4, 0.5) is 5.69 Å². The minimum absolute atomic E-state index is 0.0310. The summed E-state index contributed by atoms with van der Waals surface area (Å²) in [7, 11) is 2.12. The minimum atomic E-state index is 0.0310. The average molecular weight is 291 g/mol. The van der Waals surface area contributed by atoms with Crippen molar-refractivity contribution < 1.29 is 9.53 Å². The number of nitrogens with one attached hydrogen (secondary N) is 1. The van der Waals surface area contributed by atoms with Gasteiger partial charge in [0.1, 0.15) is 5.75 Å². The molecule has 1 amide bonds. The number of carbonyl (C=O) groups is 1. The van der Waals surface area contributed by atoms with Crippen LogP contribution in [0.15, 0.2) is 24.3 Å². The number of hydrogen-bond acceptors (Lipinski definition) is 4. The molecule has 1 fully saturated rings. The van der Waals surface area contributed by atoms with E-state index in [1.807, 2.05) is 18.2 Å². The molecular weight excluding hydrogens is 266 g/mol. The van der Waals surface area contributed by atoms with Crippen molar-refractivity contribution >= 4 is 11.6 Å². The summed E-state index contributed by atoms with van der Waals surface area (Å²) in [6.45, 7) is 2.19. The van der Waals surface area contributed by atoms with E-state index < -0.39 is 0 Å². The summed E-state index contributed by atoms with van der Waals surface area (Å²) < 4.78 is 5.52. The molecule has 1 aromatic carbocycles. The number of hydrogen-bond donors (Lipinski definition) is 2. The van der Waals surface area contributed by atoms with Gasteiger partial charge in [-0.05, 0) is 38.6 Å². The molecule has 1 heterocycles. The standard InChI is InChI=1S/C16H25N3O2/c1-19-10-5-4-6-13(19)12-18-16(20)9-11-21-15-8-3-2-7-14(15)17/h2-3,7-8,13H,4-6,9-12,17H2,1H3,(H,18,20). The van der Waals surface area contributed by atoms with Crippen LogP contribution < -0.4 is 15.8 Å². The van der Waals surface area contributed by atoms with E-state index in [2.05, 4.69) is 17.3 Å². The van der Waals surface area contributed by atoms with E-state index in [-0.39, 0.29) is 5.91 Å². The first-order valence-corrected chi connectivity index (χ1v) is 7.61. The van der Waals surface area contributed by atoms with E-state index in [4.69, 9.17) is 10.5 Å². The number of likely N-dealkylation sites (tertiary alicyclic amines) is 1. The van der Waals surface area contributed by atoms with Crippen LogP contribution in [-0.2, 0) is 4.79 Å². The van der Waals surface area contributed by atoms with E-state index in [1.54, 1.807) is 6.07 Å². The Hall–Kier alpha value is -1.75. The fourth-order valence-electron chi connectivity index (χ4n) is 2.59. The number of carbonyl (C=O) groups excluding carboxylic acids is 1. The molecule has 5 heteroatoms. The lowest BCUT2D eigenvalue weighted by Gasteiger charge is -2.32. The Kier molecular flexibility index (Phi) is 5.87. The Morgan fingerprint density at radius 2 is 2.24 bits per heavy atom. The lowest BCUT2D eigenvalue weighted by Crippen LogP contribution is -2.44.